The maximum Gasteiger partial charge on any atom is 0.252 e. The topological polar surface area (TPSA) is 11.4 Å². The normalized spacial score (nSPS) is 13.6. The van der Waals surface area contributed by atoms with Gasteiger partial charge in [-0.15, -0.1) is 0 Å². The summed E-state index contributed by atoms with van der Waals surface area (Å²) in [5.74, 6) is -1.21. The molecule has 0 amide bonds. The van der Waals surface area contributed by atoms with Crippen LogP contribution in [0, 0.1) is 11.6 Å². The van der Waals surface area contributed by atoms with Crippen molar-refractivity contribution in [1.82, 2.24) is 4.57 Å². The molecule has 0 saturated heterocycles. The Kier molecular flexibility index (Phi) is 11.3. The lowest BCUT2D eigenvalue weighted by molar-refractivity contribution is 0.568. The molecule has 0 bridgehead atoms. The van der Waals surface area contributed by atoms with Crippen LogP contribution in [-0.4, -0.2) is 11.3 Å². The van der Waals surface area contributed by atoms with E-state index in [-0.39, 0.29) is 28.4 Å². The van der Waals surface area contributed by atoms with E-state index >= 15 is 0 Å². The van der Waals surface area contributed by atoms with Gasteiger partial charge in [0.1, 0.15) is 11.6 Å². The third kappa shape index (κ3) is 8.24. The molecule has 3 heterocycles. The molecular weight excluding hydrogens is 932 g/mol. The summed E-state index contributed by atoms with van der Waals surface area (Å²) in [5, 5.41) is 2.18. The van der Waals surface area contributed by atoms with Crippen LogP contribution in [0.5, 0.6) is 0 Å². The van der Waals surface area contributed by atoms with Crippen LogP contribution < -0.4 is 26.2 Å². The van der Waals surface area contributed by atoms with Gasteiger partial charge in [-0.25, -0.2) is 8.78 Å². The highest BCUT2D eigenvalue weighted by Crippen LogP contribution is 2.49. The molecule has 1 aromatic heterocycles. The van der Waals surface area contributed by atoms with E-state index in [4.69, 9.17) is 0 Å². The number of nitrogens with zero attached hydrogens (tertiary/aromatic N) is 3. The van der Waals surface area contributed by atoms with Gasteiger partial charge in [-0.1, -0.05) is 174 Å². The van der Waals surface area contributed by atoms with Crippen molar-refractivity contribution in [2.45, 2.75) is 105 Å². The second-order valence-corrected chi connectivity index (χ2v) is 25.4. The summed E-state index contributed by atoms with van der Waals surface area (Å²) in [6.07, 6.45) is 0. The van der Waals surface area contributed by atoms with Gasteiger partial charge >= 0.3 is 0 Å². The molecule has 76 heavy (non-hydrogen) atoms. The zero-order valence-corrected chi connectivity index (χ0v) is 46.0. The Bertz CT molecular complexity index is 3750. The zero-order chi connectivity index (χ0) is 53.4. The fraction of sp³-hybridized carbons (Fsp3) is 0.229. The van der Waals surface area contributed by atoms with Crippen LogP contribution in [-0.2, 0) is 21.7 Å². The molecule has 9 aromatic carbocycles. The van der Waals surface area contributed by atoms with Gasteiger partial charge in [-0.2, -0.15) is 0 Å². The highest BCUT2D eigenvalue weighted by atomic mass is 19.1. The number of hydrogen-bond acceptors (Lipinski definition) is 2. The number of aromatic nitrogens is 1. The Morgan fingerprint density at radius 3 is 1.28 bits per heavy atom. The minimum atomic E-state index is -0.607. The molecule has 0 spiro atoms. The van der Waals surface area contributed by atoms with E-state index in [0.29, 0.717) is 5.56 Å². The number of benzene rings is 9. The summed E-state index contributed by atoms with van der Waals surface area (Å²) in [4.78, 5) is 5.13. The monoisotopic (exact) mass is 998 g/mol. The molecule has 0 aliphatic carbocycles. The molecule has 10 aromatic rings. The number of rotatable bonds is 5. The van der Waals surface area contributed by atoms with Crippen LogP contribution in [0.25, 0.3) is 49.7 Å². The lowest BCUT2D eigenvalue weighted by Crippen LogP contribution is -2.61. The standard InChI is InChI=1S/C70H66BF2N3/c1-67(2,3)46-36-47(68(4,5)6)39-52(38-46)74-62-27-19-15-23-57(62)71-58-24-16-20-28-63(58)75(53-40-48(69(7,8)9)37-49(41-53)70(10,11)12)65-35-44(34-64(74)66(65)71)43-29-30-61-56(33-43)55-22-14-18-26-60(55)76(61)59-25-17-13-21-54(59)45-31-50(72)42-51(73)32-45/h13-42H,1-12H3. The first-order chi connectivity index (χ1) is 36.0. The second-order valence-electron chi connectivity index (χ2n) is 25.4. The molecule has 378 valence electrons. The van der Waals surface area contributed by atoms with Crippen molar-refractivity contribution in [3.63, 3.8) is 0 Å². The summed E-state index contributed by atoms with van der Waals surface area (Å²) in [6, 6.07) is 64.6. The van der Waals surface area contributed by atoms with E-state index in [1.165, 1.54) is 62.1 Å². The highest BCUT2D eigenvalue weighted by molar-refractivity contribution is 7.00. The minimum absolute atomic E-state index is 0.0354. The largest absolute Gasteiger partial charge is 0.311 e. The molecule has 12 rings (SSSR count). The maximum absolute atomic E-state index is 14.9. The van der Waals surface area contributed by atoms with Gasteiger partial charge in [0.25, 0.3) is 6.71 Å². The SMILES string of the molecule is CC(C)(C)c1cc(N2c3ccccc3B3c4ccccc4N(c4cc(C(C)(C)C)cc(C(C)(C)C)c4)c4cc(-c5ccc6c(c5)c5ccccc5n6-c5ccccc5-c5cc(F)cc(F)c5)cc2c43)cc(C(C)(C)C)c1. The zero-order valence-electron chi connectivity index (χ0n) is 46.0. The average molecular weight is 998 g/mol. The van der Waals surface area contributed by atoms with Crippen molar-refractivity contribution in [2.75, 3.05) is 9.80 Å². The predicted molar refractivity (Wildman–Crippen MR) is 320 cm³/mol. The molecule has 0 radical (unpaired) electrons. The molecule has 0 atom stereocenters. The maximum atomic E-state index is 14.9. The van der Waals surface area contributed by atoms with E-state index < -0.39 is 11.6 Å². The minimum Gasteiger partial charge on any atom is -0.311 e. The molecule has 2 aliphatic heterocycles. The Hall–Kier alpha value is -7.70. The van der Waals surface area contributed by atoms with Crippen LogP contribution in [0.15, 0.2) is 182 Å². The van der Waals surface area contributed by atoms with Crippen molar-refractivity contribution < 1.29 is 8.78 Å². The molecular formula is C70H66BF2N3. The lowest BCUT2D eigenvalue weighted by Gasteiger charge is -2.45. The predicted octanol–water partition coefficient (Wildman–Crippen LogP) is 17.7. The van der Waals surface area contributed by atoms with E-state index in [1.807, 2.05) is 24.3 Å². The third-order valence-corrected chi connectivity index (χ3v) is 16.0. The van der Waals surface area contributed by atoms with E-state index in [2.05, 4.69) is 237 Å². The average Bonchev–Trinajstić information content (AvgIpc) is 3.87. The summed E-state index contributed by atoms with van der Waals surface area (Å²) in [6.45, 7) is 27.8. The number of halogens is 2. The smallest absolute Gasteiger partial charge is 0.252 e. The van der Waals surface area contributed by atoms with Crippen LogP contribution in [0.3, 0.4) is 0 Å². The first-order valence-corrected chi connectivity index (χ1v) is 26.9. The van der Waals surface area contributed by atoms with Gasteiger partial charge in [0.05, 0.1) is 16.7 Å². The third-order valence-electron chi connectivity index (χ3n) is 16.0. The van der Waals surface area contributed by atoms with Gasteiger partial charge in [0, 0.05) is 56.5 Å². The number of fused-ring (bicyclic) bond motifs is 7. The van der Waals surface area contributed by atoms with E-state index in [9.17, 15) is 8.78 Å². The van der Waals surface area contributed by atoms with Gasteiger partial charge in [0.2, 0.25) is 0 Å². The van der Waals surface area contributed by atoms with Gasteiger partial charge in [-0.05, 0) is 162 Å². The first-order valence-electron chi connectivity index (χ1n) is 26.9. The Balaban J connectivity index is 1.18. The van der Waals surface area contributed by atoms with Crippen molar-refractivity contribution in [3.8, 4) is 27.9 Å². The second kappa shape index (κ2) is 17.4. The van der Waals surface area contributed by atoms with Gasteiger partial charge < -0.3 is 14.4 Å². The molecule has 0 unspecified atom stereocenters. The van der Waals surface area contributed by atoms with Crippen molar-refractivity contribution in [1.29, 1.82) is 0 Å². The molecule has 0 saturated carbocycles. The van der Waals surface area contributed by atoms with Crippen LogP contribution in [0.2, 0.25) is 0 Å². The van der Waals surface area contributed by atoms with E-state index in [1.54, 1.807) is 0 Å². The number of hydrogen-bond donors (Lipinski definition) is 0. The van der Waals surface area contributed by atoms with Crippen molar-refractivity contribution >= 4 is 79.0 Å². The van der Waals surface area contributed by atoms with Crippen LogP contribution in [0.1, 0.15) is 105 Å². The quantitative estimate of drug-likeness (QED) is 0.159. The highest BCUT2D eigenvalue weighted by Gasteiger charge is 2.44. The number of para-hydroxylation sites is 4. The van der Waals surface area contributed by atoms with E-state index in [0.717, 1.165) is 73.0 Å². The fourth-order valence-corrected chi connectivity index (χ4v) is 11.9. The van der Waals surface area contributed by atoms with Gasteiger partial charge in [0.15, 0.2) is 0 Å². The molecule has 0 fully saturated rings. The Labute approximate surface area is 448 Å². The van der Waals surface area contributed by atoms with Crippen molar-refractivity contribution in [3.05, 3.63) is 216 Å². The lowest BCUT2D eigenvalue weighted by atomic mass is 9.33. The fourth-order valence-electron chi connectivity index (χ4n) is 11.9. The Morgan fingerprint density at radius 2 is 0.776 bits per heavy atom. The Morgan fingerprint density at radius 1 is 0.342 bits per heavy atom. The summed E-state index contributed by atoms with van der Waals surface area (Å²) < 4.78 is 32.0. The van der Waals surface area contributed by atoms with Crippen LogP contribution in [0.4, 0.5) is 42.9 Å². The first kappa shape index (κ1) is 49.2. The number of anilines is 6. The van der Waals surface area contributed by atoms with Gasteiger partial charge in [-0.3, -0.25) is 0 Å². The summed E-state index contributed by atoms with van der Waals surface area (Å²) >= 11 is 0. The summed E-state index contributed by atoms with van der Waals surface area (Å²) in [5.41, 5.74) is 21.9. The molecule has 3 nitrogen and oxygen atoms in total. The van der Waals surface area contributed by atoms with Crippen LogP contribution >= 0.6 is 0 Å². The molecule has 0 N–H and O–H groups in total. The van der Waals surface area contributed by atoms with Crippen molar-refractivity contribution in [2.24, 2.45) is 0 Å². The summed E-state index contributed by atoms with van der Waals surface area (Å²) in [7, 11) is 0. The molecule has 6 heteroatoms. The molecule has 2 aliphatic rings.